The molecule has 0 aromatic carbocycles. The molecule has 2 aliphatic rings. The van der Waals surface area contributed by atoms with E-state index in [2.05, 4.69) is 5.10 Å². The first-order valence-electron chi connectivity index (χ1n) is 9.00. The number of rotatable bonds is 5. The van der Waals surface area contributed by atoms with E-state index >= 15 is 0 Å². The zero-order valence-electron chi connectivity index (χ0n) is 15.7. The summed E-state index contributed by atoms with van der Waals surface area (Å²) < 4.78 is 33.5. The van der Waals surface area contributed by atoms with Crippen LogP contribution in [0.2, 0.25) is 0 Å². The summed E-state index contributed by atoms with van der Waals surface area (Å²) in [5.74, 6) is 0.0518. The second-order valence-corrected chi connectivity index (χ2v) is 9.33. The van der Waals surface area contributed by atoms with Crippen LogP contribution < -0.4 is 0 Å². The van der Waals surface area contributed by atoms with Crippen molar-refractivity contribution in [1.82, 2.24) is 19.0 Å². The summed E-state index contributed by atoms with van der Waals surface area (Å²) in [5, 5.41) is 4.26. The highest BCUT2D eigenvalue weighted by atomic mass is 32.2. The van der Waals surface area contributed by atoms with Crippen molar-refractivity contribution in [3.05, 3.63) is 18.0 Å². The molecular weight excluding hydrogens is 356 g/mol. The minimum atomic E-state index is -3.33. The van der Waals surface area contributed by atoms with Gasteiger partial charge in [0.1, 0.15) is 0 Å². The van der Waals surface area contributed by atoms with Crippen LogP contribution in [-0.4, -0.2) is 78.0 Å². The number of likely N-dealkylation sites (tertiary alicyclic amines) is 1. The molecule has 0 bridgehead atoms. The van der Waals surface area contributed by atoms with Gasteiger partial charge in [0.2, 0.25) is 15.9 Å². The average Bonchev–Trinajstić information content (AvgIpc) is 3.12. The molecule has 2 aliphatic heterocycles. The van der Waals surface area contributed by atoms with Gasteiger partial charge < -0.3 is 9.64 Å². The van der Waals surface area contributed by atoms with Crippen LogP contribution in [0.25, 0.3) is 0 Å². The number of sulfonamides is 1. The number of aromatic nitrogens is 2. The van der Waals surface area contributed by atoms with Crippen LogP contribution in [0.3, 0.4) is 0 Å². The van der Waals surface area contributed by atoms with Crippen LogP contribution in [0.15, 0.2) is 12.3 Å². The monoisotopic (exact) mass is 384 g/mol. The maximum atomic E-state index is 12.6. The van der Waals surface area contributed by atoms with E-state index in [1.54, 1.807) is 16.1 Å². The first-order valence-corrected chi connectivity index (χ1v) is 10.8. The van der Waals surface area contributed by atoms with E-state index in [9.17, 15) is 13.2 Å². The third-order valence-electron chi connectivity index (χ3n) is 5.61. The van der Waals surface area contributed by atoms with Crippen molar-refractivity contribution in [2.75, 3.05) is 33.1 Å². The summed E-state index contributed by atoms with van der Waals surface area (Å²) in [6.07, 6.45) is 6.38. The second-order valence-electron chi connectivity index (χ2n) is 7.47. The van der Waals surface area contributed by atoms with Crippen molar-refractivity contribution in [3.8, 4) is 0 Å². The van der Waals surface area contributed by atoms with E-state index in [1.807, 2.05) is 24.2 Å². The van der Waals surface area contributed by atoms with Crippen LogP contribution in [-0.2, 0) is 33.0 Å². The number of hydrogen-bond acceptors (Lipinski definition) is 5. The summed E-state index contributed by atoms with van der Waals surface area (Å²) in [6, 6.07) is 1.74. The summed E-state index contributed by atoms with van der Waals surface area (Å²) in [5.41, 5.74) is 0.384. The third-order valence-corrected chi connectivity index (χ3v) is 7.01. The Morgan fingerprint density at radius 1 is 1.35 bits per heavy atom. The van der Waals surface area contributed by atoms with Crippen LogP contribution in [0, 0.1) is 0 Å². The zero-order chi connectivity index (χ0) is 18.9. The van der Waals surface area contributed by atoms with Crippen molar-refractivity contribution >= 4 is 15.9 Å². The zero-order valence-corrected chi connectivity index (χ0v) is 16.5. The van der Waals surface area contributed by atoms with Gasteiger partial charge in [-0.3, -0.25) is 9.48 Å². The van der Waals surface area contributed by atoms with Gasteiger partial charge in [-0.15, -0.1) is 0 Å². The van der Waals surface area contributed by atoms with E-state index in [1.165, 1.54) is 6.26 Å². The number of ether oxygens (including phenoxy) is 1. The van der Waals surface area contributed by atoms with Crippen LogP contribution in [0.4, 0.5) is 0 Å². The minimum absolute atomic E-state index is 0.0518. The van der Waals surface area contributed by atoms with Gasteiger partial charge in [0.05, 0.1) is 25.0 Å². The Kier molecular flexibility index (Phi) is 5.41. The quantitative estimate of drug-likeness (QED) is 0.733. The Morgan fingerprint density at radius 3 is 2.58 bits per heavy atom. The molecule has 2 fully saturated rings. The van der Waals surface area contributed by atoms with E-state index in [4.69, 9.17) is 4.74 Å². The number of carbonyl (C=O) groups excluding carboxylic acids is 1. The predicted molar refractivity (Wildman–Crippen MR) is 97.0 cm³/mol. The predicted octanol–water partition coefficient (Wildman–Crippen LogP) is 0.394. The Hall–Kier alpha value is -1.45. The number of nitrogens with zero attached hydrogens (tertiary/aromatic N) is 4. The first kappa shape index (κ1) is 19.3. The number of methoxy groups -OCH3 is 1. The van der Waals surface area contributed by atoms with Crippen molar-refractivity contribution in [2.45, 2.75) is 43.7 Å². The summed E-state index contributed by atoms with van der Waals surface area (Å²) in [4.78, 5) is 14.4. The van der Waals surface area contributed by atoms with E-state index in [-0.39, 0.29) is 23.9 Å². The summed E-state index contributed by atoms with van der Waals surface area (Å²) in [7, 11) is 0.102. The van der Waals surface area contributed by atoms with Crippen LogP contribution in [0.1, 0.15) is 31.4 Å². The maximum absolute atomic E-state index is 12.6. The van der Waals surface area contributed by atoms with E-state index in [0.717, 1.165) is 18.5 Å². The molecule has 146 valence electrons. The highest BCUT2D eigenvalue weighted by molar-refractivity contribution is 7.88. The largest absolute Gasteiger partial charge is 0.383 e. The fraction of sp³-hybridized carbons (Fsp3) is 0.765. The Balaban J connectivity index is 1.67. The molecule has 0 unspecified atom stereocenters. The number of piperidine rings is 1. The molecule has 2 saturated heterocycles. The molecule has 9 heteroatoms. The van der Waals surface area contributed by atoms with E-state index in [0.29, 0.717) is 32.5 Å². The van der Waals surface area contributed by atoms with Crippen molar-refractivity contribution in [2.24, 2.45) is 7.05 Å². The van der Waals surface area contributed by atoms with Gasteiger partial charge in [0.15, 0.2) is 0 Å². The fourth-order valence-corrected chi connectivity index (χ4v) is 6.17. The van der Waals surface area contributed by atoms with Crippen molar-refractivity contribution in [1.29, 1.82) is 0 Å². The average molecular weight is 385 g/mol. The normalized spacial score (nSPS) is 23.7. The van der Waals surface area contributed by atoms with Crippen LogP contribution >= 0.6 is 0 Å². The second kappa shape index (κ2) is 7.28. The summed E-state index contributed by atoms with van der Waals surface area (Å²) in [6.45, 7) is 1.58. The Labute approximate surface area is 155 Å². The molecule has 0 radical (unpaired) electrons. The Morgan fingerprint density at radius 2 is 2.04 bits per heavy atom. The molecule has 1 aromatic rings. The lowest BCUT2D eigenvalue weighted by atomic mass is 9.86. The Bertz CT molecular complexity index is 753. The highest BCUT2D eigenvalue weighted by Crippen LogP contribution is 2.43. The molecule has 3 rings (SSSR count). The van der Waals surface area contributed by atoms with Gasteiger partial charge in [0.25, 0.3) is 0 Å². The van der Waals surface area contributed by atoms with Gasteiger partial charge in [0, 0.05) is 45.0 Å². The molecule has 0 saturated carbocycles. The molecule has 1 spiro atoms. The van der Waals surface area contributed by atoms with Crippen molar-refractivity contribution in [3.63, 3.8) is 0 Å². The van der Waals surface area contributed by atoms with Gasteiger partial charge in [-0.25, -0.2) is 8.42 Å². The van der Waals surface area contributed by atoms with Crippen LogP contribution in [0.5, 0.6) is 0 Å². The summed E-state index contributed by atoms with van der Waals surface area (Å²) >= 11 is 0. The maximum Gasteiger partial charge on any atom is 0.228 e. The lowest BCUT2D eigenvalue weighted by Gasteiger charge is -2.45. The lowest BCUT2D eigenvalue weighted by Crippen LogP contribution is -2.57. The molecule has 0 N–H and O–H groups in total. The minimum Gasteiger partial charge on any atom is -0.383 e. The van der Waals surface area contributed by atoms with Gasteiger partial charge in [-0.1, -0.05) is 0 Å². The fourth-order valence-electron chi connectivity index (χ4n) is 4.48. The smallest absolute Gasteiger partial charge is 0.228 e. The molecule has 26 heavy (non-hydrogen) atoms. The molecular formula is C17H28N4O4S. The topological polar surface area (TPSA) is 84.7 Å². The number of hydrogen-bond donors (Lipinski definition) is 0. The number of aryl methyl sites for hydroxylation is 1. The lowest BCUT2D eigenvalue weighted by molar-refractivity contribution is -0.132. The van der Waals surface area contributed by atoms with Gasteiger partial charge in [-0.05, 0) is 31.7 Å². The van der Waals surface area contributed by atoms with Gasteiger partial charge >= 0.3 is 0 Å². The number of carbonyl (C=O) groups is 1. The highest BCUT2D eigenvalue weighted by Gasteiger charge is 2.52. The molecule has 8 nitrogen and oxygen atoms in total. The molecule has 0 aliphatic carbocycles. The first-order chi connectivity index (χ1) is 12.2. The SMILES string of the molecule is COC[C@H]1CCC2(CCN(C(=O)Cc3ccn(C)n3)CC2)N1S(C)(=O)=O. The molecule has 1 amide bonds. The molecule has 1 atom stereocenters. The van der Waals surface area contributed by atoms with Crippen molar-refractivity contribution < 1.29 is 17.9 Å². The number of amides is 1. The van der Waals surface area contributed by atoms with E-state index < -0.39 is 10.0 Å². The third kappa shape index (κ3) is 3.79. The standard InChI is InChI=1S/C17H28N4O4S/c1-19-9-5-14(18-19)12-16(22)20-10-7-17(8-11-20)6-4-15(13-25-2)21(17)26(3,23)24/h5,9,15H,4,6-8,10-13H2,1-3H3/t15-/m1/s1. The molecule has 3 heterocycles. The van der Waals surface area contributed by atoms with Gasteiger partial charge in [-0.2, -0.15) is 9.40 Å². The molecule has 1 aromatic heterocycles.